The van der Waals surface area contributed by atoms with Gasteiger partial charge in [0.25, 0.3) is 5.56 Å². The van der Waals surface area contributed by atoms with Gasteiger partial charge in [0.1, 0.15) is 17.3 Å². The van der Waals surface area contributed by atoms with Crippen molar-refractivity contribution in [1.82, 2.24) is 14.5 Å². The normalized spacial score (nSPS) is 18.9. The van der Waals surface area contributed by atoms with Crippen LogP contribution in [-0.4, -0.2) is 44.0 Å². The number of amidine groups is 1. The first-order valence-corrected chi connectivity index (χ1v) is 12.3. The summed E-state index contributed by atoms with van der Waals surface area (Å²) in [6.45, 7) is 6.31. The number of hydrogen-bond donors (Lipinski definition) is 3. The molecule has 34 heavy (non-hydrogen) atoms. The Morgan fingerprint density at radius 1 is 1.09 bits per heavy atom. The third-order valence-electron chi connectivity index (χ3n) is 7.05. The average molecular weight is 462 g/mol. The molecule has 0 amide bonds. The molecule has 1 aromatic heterocycles. The fourth-order valence-electron chi connectivity index (χ4n) is 5.13. The van der Waals surface area contributed by atoms with Crippen molar-refractivity contribution in [3.63, 3.8) is 0 Å². The number of piperidine rings is 1. The smallest absolute Gasteiger partial charge is 0.277 e. The minimum absolute atomic E-state index is 0.0507. The lowest BCUT2D eigenvalue weighted by Gasteiger charge is -2.39. The van der Waals surface area contributed by atoms with E-state index in [0.717, 1.165) is 25.8 Å². The van der Waals surface area contributed by atoms with Crippen LogP contribution < -0.4 is 11.3 Å². The molecule has 0 spiro atoms. The van der Waals surface area contributed by atoms with Crippen molar-refractivity contribution in [3.05, 3.63) is 58.4 Å². The highest BCUT2D eigenvalue weighted by Crippen LogP contribution is 2.24. The lowest BCUT2D eigenvalue weighted by Crippen LogP contribution is -2.44. The molecule has 1 aliphatic heterocycles. The number of phenols is 1. The monoisotopic (exact) mass is 461 g/mol. The van der Waals surface area contributed by atoms with Gasteiger partial charge in [-0.1, -0.05) is 31.0 Å². The second-order valence-electron chi connectivity index (χ2n) is 9.51. The van der Waals surface area contributed by atoms with E-state index in [0.29, 0.717) is 46.5 Å². The van der Waals surface area contributed by atoms with Gasteiger partial charge in [-0.25, -0.2) is 4.98 Å². The highest BCUT2D eigenvalue weighted by atomic mass is 16.3. The van der Waals surface area contributed by atoms with Gasteiger partial charge in [-0.2, -0.15) is 0 Å². The first-order valence-electron chi connectivity index (χ1n) is 12.3. The van der Waals surface area contributed by atoms with Crippen LogP contribution in [0, 0.1) is 5.41 Å². The molecule has 1 saturated heterocycles. The minimum Gasteiger partial charge on any atom is -0.508 e. The number of nitrogen functional groups attached to an aromatic ring is 1. The van der Waals surface area contributed by atoms with Crippen molar-refractivity contribution in [2.24, 2.45) is 5.73 Å². The maximum atomic E-state index is 13.5. The van der Waals surface area contributed by atoms with Crippen LogP contribution in [0.2, 0.25) is 0 Å². The van der Waals surface area contributed by atoms with Gasteiger partial charge in [0.05, 0.1) is 11.0 Å². The largest absolute Gasteiger partial charge is 0.508 e. The number of hydrogen-bond acceptors (Lipinski definition) is 5. The fourth-order valence-corrected chi connectivity index (χ4v) is 5.13. The molecule has 1 fully saturated rings. The van der Waals surface area contributed by atoms with E-state index in [9.17, 15) is 9.90 Å². The van der Waals surface area contributed by atoms with E-state index in [4.69, 9.17) is 11.1 Å². The molecule has 0 radical (unpaired) electrons. The maximum absolute atomic E-state index is 13.5. The van der Waals surface area contributed by atoms with Crippen LogP contribution in [0.3, 0.4) is 0 Å². The molecule has 4 rings (SSSR count). The highest BCUT2D eigenvalue weighted by Gasteiger charge is 2.23. The Morgan fingerprint density at radius 3 is 2.56 bits per heavy atom. The van der Waals surface area contributed by atoms with E-state index in [1.165, 1.54) is 19.3 Å². The zero-order valence-electron chi connectivity index (χ0n) is 20.1. The predicted octanol–water partition coefficient (Wildman–Crippen LogP) is 4.49. The van der Waals surface area contributed by atoms with E-state index >= 15 is 0 Å². The number of rotatable bonds is 8. The Labute approximate surface area is 200 Å². The molecular formula is C27H35N5O2. The zero-order chi connectivity index (χ0) is 24.2. The molecule has 1 aliphatic rings. The Bertz CT molecular complexity index is 1230. The number of aryl methyl sites for hydroxylation is 1. The number of aromatic nitrogens is 2. The summed E-state index contributed by atoms with van der Waals surface area (Å²) < 4.78 is 1.73. The number of nitrogens with two attached hydrogens (primary N) is 1. The van der Waals surface area contributed by atoms with E-state index < -0.39 is 0 Å². The van der Waals surface area contributed by atoms with Gasteiger partial charge in [-0.05, 0) is 64.3 Å². The predicted molar refractivity (Wildman–Crippen MR) is 137 cm³/mol. The third kappa shape index (κ3) is 5.14. The number of likely N-dealkylation sites (tertiary alicyclic amines) is 1. The Balaban J connectivity index is 1.56. The Hall–Kier alpha value is -3.19. The quantitative estimate of drug-likeness (QED) is 0.260. The molecule has 7 heteroatoms. The van der Waals surface area contributed by atoms with Crippen LogP contribution in [0.15, 0.2) is 47.3 Å². The van der Waals surface area contributed by atoms with E-state index in [-0.39, 0.29) is 17.1 Å². The van der Waals surface area contributed by atoms with E-state index in [1.807, 2.05) is 6.07 Å². The first kappa shape index (κ1) is 24.0. The van der Waals surface area contributed by atoms with Gasteiger partial charge in [0.2, 0.25) is 0 Å². The SMILES string of the molecule is C[C@@H]1CCC[C@H](C)N1CCCCCn1c(=O)c(-c2cccc(C(=N)N)c2)nc2ccc(O)cc21. The standard InChI is InChI=1S/C27H35N5O2/c1-18-8-6-9-19(2)31(18)14-4-3-5-15-32-24-17-22(33)12-13-23(24)30-25(27(32)34)20-10-7-11-21(16-20)26(28)29/h7,10-13,16-19,33H,3-6,8-9,14-15H2,1-2H3,(H3,28,29)/t18-,19+. The lowest BCUT2D eigenvalue weighted by molar-refractivity contribution is 0.101. The fraction of sp³-hybridized carbons (Fsp3) is 0.444. The van der Waals surface area contributed by atoms with Crippen molar-refractivity contribution >= 4 is 16.9 Å². The highest BCUT2D eigenvalue weighted by molar-refractivity contribution is 5.96. The number of phenolic OH excluding ortho intramolecular Hbond substituents is 1. The van der Waals surface area contributed by atoms with Gasteiger partial charge in [-0.15, -0.1) is 0 Å². The summed E-state index contributed by atoms with van der Waals surface area (Å²) in [6, 6.07) is 13.3. The van der Waals surface area contributed by atoms with Gasteiger partial charge >= 0.3 is 0 Å². The topological polar surface area (TPSA) is 108 Å². The minimum atomic E-state index is -0.197. The number of benzene rings is 2. The van der Waals surface area contributed by atoms with Crippen molar-refractivity contribution in [3.8, 4) is 17.0 Å². The van der Waals surface area contributed by atoms with Gasteiger partial charge < -0.3 is 15.4 Å². The van der Waals surface area contributed by atoms with Gasteiger partial charge in [0, 0.05) is 35.8 Å². The van der Waals surface area contributed by atoms with Crippen molar-refractivity contribution < 1.29 is 5.11 Å². The Morgan fingerprint density at radius 2 is 1.82 bits per heavy atom. The van der Waals surface area contributed by atoms with Crippen LogP contribution in [0.25, 0.3) is 22.3 Å². The second-order valence-corrected chi connectivity index (χ2v) is 9.51. The first-order chi connectivity index (χ1) is 16.3. The van der Waals surface area contributed by atoms with Crippen LogP contribution in [-0.2, 0) is 6.54 Å². The summed E-state index contributed by atoms with van der Waals surface area (Å²) >= 11 is 0. The molecule has 0 saturated carbocycles. The average Bonchev–Trinajstić information content (AvgIpc) is 2.81. The summed E-state index contributed by atoms with van der Waals surface area (Å²) in [5.41, 5.74) is 8.25. The van der Waals surface area contributed by atoms with E-state index in [1.54, 1.807) is 41.0 Å². The van der Waals surface area contributed by atoms with E-state index in [2.05, 4.69) is 23.7 Å². The molecule has 4 N–H and O–H groups in total. The second kappa shape index (κ2) is 10.4. The van der Waals surface area contributed by atoms with Gasteiger partial charge in [0.15, 0.2) is 0 Å². The molecule has 2 atom stereocenters. The van der Waals surface area contributed by atoms with Crippen molar-refractivity contribution in [2.45, 2.75) is 71.0 Å². The number of aromatic hydroxyl groups is 1. The lowest BCUT2D eigenvalue weighted by atomic mass is 9.97. The molecule has 0 aliphatic carbocycles. The summed E-state index contributed by atoms with van der Waals surface area (Å²) in [6.07, 6.45) is 6.88. The number of fused-ring (bicyclic) bond motifs is 1. The van der Waals surface area contributed by atoms with Crippen molar-refractivity contribution in [2.75, 3.05) is 6.54 Å². The summed E-state index contributed by atoms with van der Waals surface area (Å²) in [7, 11) is 0. The third-order valence-corrected chi connectivity index (χ3v) is 7.05. The Kier molecular flexibility index (Phi) is 7.32. The number of nitrogens with zero attached hydrogens (tertiary/aromatic N) is 3. The summed E-state index contributed by atoms with van der Waals surface area (Å²) in [4.78, 5) is 20.7. The number of unbranched alkanes of at least 4 members (excludes halogenated alkanes) is 2. The molecular weight excluding hydrogens is 426 g/mol. The van der Waals surface area contributed by atoms with Crippen LogP contribution in [0.4, 0.5) is 0 Å². The molecule has 2 aromatic carbocycles. The number of nitrogens with one attached hydrogen (secondary N) is 1. The molecule has 2 heterocycles. The molecule has 0 unspecified atom stereocenters. The molecule has 3 aromatic rings. The molecule has 180 valence electrons. The van der Waals surface area contributed by atoms with Crippen molar-refractivity contribution in [1.29, 1.82) is 5.41 Å². The molecule has 7 nitrogen and oxygen atoms in total. The zero-order valence-corrected chi connectivity index (χ0v) is 20.1. The summed E-state index contributed by atoms with van der Waals surface area (Å²) in [5.74, 6) is 0.0621. The van der Waals surface area contributed by atoms with Crippen LogP contribution in [0.1, 0.15) is 57.9 Å². The van der Waals surface area contributed by atoms with Gasteiger partial charge in [-0.3, -0.25) is 15.1 Å². The van der Waals surface area contributed by atoms with Crippen LogP contribution >= 0.6 is 0 Å². The molecule has 0 bridgehead atoms. The van der Waals surface area contributed by atoms with Crippen LogP contribution in [0.5, 0.6) is 5.75 Å². The summed E-state index contributed by atoms with van der Waals surface area (Å²) in [5, 5.41) is 17.8. The maximum Gasteiger partial charge on any atom is 0.277 e.